The minimum Gasteiger partial charge on any atom is -0.326 e. The van der Waals surface area contributed by atoms with Crippen molar-refractivity contribution in [3.63, 3.8) is 0 Å². The third kappa shape index (κ3) is 4.71. The number of amides is 2. The maximum atomic E-state index is 11.7. The van der Waals surface area contributed by atoms with E-state index >= 15 is 0 Å². The molecule has 0 aliphatic rings. The van der Waals surface area contributed by atoms with Crippen molar-refractivity contribution in [1.82, 2.24) is 0 Å². The normalized spacial score (nSPS) is 11.3. The van der Waals surface area contributed by atoms with Crippen molar-refractivity contribution in [3.8, 4) is 0 Å². The Labute approximate surface area is 113 Å². The minimum atomic E-state index is -0.926. The Morgan fingerprint density at radius 2 is 1.47 bits per heavy atom. The second kappa shape index (κ2) is 5.84. The summed E-state index contributed by atoms with van der Waals surface area (Å²) in [6.07, 6.45) is 0. The van der Waals surface area contributed by atoms with Gasteiger partial charge in [0.1, 0.15) is 0 Å². The number of hydrogen-bond acceptors (Lipinski definition) is 3. The molecule has 0 bridgehead atoms. The van der Waals surface area contributed by atoms with Crippen LogP contribution in [0.25, 0.3) is 0 Å². The third-order valence-corrected chi connectivity index (χ3v) is 2.52. The van der Waals surface area contributed by atoms with Gasteiger partial charge in [0, 0.05) is 17.3 Å². The Balaban J connectivity index is 2.67. The molecule has 0 fully saturated rings. The van der Waals surface area contributed by atoms with Crippen LogP contribution < -0.4 is 16.4 Å². The molecule has 5 nitrogen and oxygen atoms in total. The first kappa shape index (κ1) is 15.2. The summed E-state index contributed by atoms with van der Waals surface area (Å²) in [6.45, 7) is 6.93. The number of rotatable bonds is 4. The van der Waals surface area contributed by atoms with Gasteiger partial charge in [-0.25, -0.2) is 0 Å². The van der Waals surface area contributed by atoms with Crippen LogP contribution in [0.15, 0.2) is 24.3 Å². The Morgan fingerprint density at radius 3 is 1.84 bits per heavy atom. The van der Waals surface area contributed by atoms with Gasteiger partial charge in [-0.2, -0.15) is 0 Å². The molecule has 0 saturated heterocycles. The van der Waals surface area contributed by atoms with Gasteiger partial charge in [-0.05, 0) is 38.1 Å². The van der Waals surface area contributed by atoms with Crippen LogP contribution >= 0.6 is 0 Å². The lowest BCUT2D eigenvalue weighted by Crippen LogP contribution is -2.45. The van der Waals surface area contributed by atoms with Gasteiger partial charge in [-0.15, -0.1) is 0 Å². The molecule has 1 aromatic rings. The first-order valence-electron chi connectivity index (χ1n) is 6.21. The summed E-state index contributed by atoms with van der Waals surface area (Å²) in [5.74, 6) is -0.372. The second-order valence-corrected chi connectivity index (χ2v) is 5.40. The van der Waals surface area contributed by atoms with E-state index in [1.165, 1.54) is 0 Å². The lowest BCUT2D eigenvalue weighted by atomic mass is 10.1. The molecule has 0 unspecified atom stereocenters. The van der Waals surface area contributed by atoms with Gasteiger partial charge < -0.3 is 16.4 Å². The summed E-state index contributed by atoms with van der Waals surface area (Å²) < 4.78 is 0. The molecule has 1 rings (SSSR count). The molecule has 19 heavy (non-hydrogen) atoms. The number of nitrogens with one attached hydrogen (secondary N) is 2. The molecule has 0 atom stereocenters. The zero-order valence-corrected chi connectivity index (χ0v) is 11.8. The number of carbonyl (C=O) groups excluding carboxylic acids is 2. The molecular formula is C14H21N3O2. The quantitative estimate of drug-likeness (QED) is 0.776. The summed E-state index contributed by atoms with van der Waals surface area (Å²) in [5.41, 5.74) is 6.10. The molecule has 5 heteroatoms. The van der Waals surface area contributed by atoms with E-state index in [4.69, 9.17) is 5.73 Å². The molecule has 0 aromatic heterocycles. The van der Waals surface area contributed by atoms with E-state index in [9.17, 15) is 9.59 Å². The average Bonchev–Trinajstić information content (AvgIpc) is 2.30. The smallest absolute Gasteiger partial charge is 0.243 e. The van der Waals surface area contributed by atoms with Gasteiger partial charge in [0.15, 0.2) is 0 Å². The van der Waals surface area contributed by atoms with Crippen molar-refractivity contribution < 1.29 is 9.59 Å². The number of benzene rings is 1. The fourth-order valence-corrected chi connectivity index (χ4v) is 1.22. The number of hydrogen-bond donors (Lipinski definition) is 3. The van der Waals surface area contributed by atoms with Crippen molar-refractivity contribution in [1.29, 1.82) is 0 Å². The number of carbonyl (C=O) groups is 2. The van der Waals surface area contributed by atoms with Crippen LogP contribution in [0.2, 0.25) is 0 Å². The molecule has 4 N–H and O–H groups in total. The van der Waals surface area contributed by atoms with E-state index in [2.05, 4.69) is 10.6 Å². The van der Waals surface area contributed by atoms with Crippen LogP contribution in [0.1, 0.15) is 27.7 Å². The highest BCUT2D eigenvalue weighted by atomic mass is 16.2. The highest BCUT2D eigenvalue weighted by Crippen LogP contribution is 2.15. The van der Waals surface area contributed by atoms with Gasteiger partial charge in [0.2, 0.25) is 11.8 Å². The third-order valence-electron chi connectivity index (χ3n) is 2.52. The maximum Gasteiger partial charge on any atom is 0.243 e. The Morgan fingerprint density at radius 1 is 1.05 bits per heavy atom. The van der Waals surface area contributed by atoms with Crippen LogP contribution in [-0.2, 0) is 9.59 Å². The first-order valence-corrected chi connectivity index (χ1v) is 6.21. The molecule has 0 saturated carbocycles. The van der Waals surface area contributed by atoms with E-state index in [-0.39, 0.29) is 17.7 Å². The summed E-state index contributed by atoms with van der Waals surface area (Å²) in [4.78, 5) is 23.2. The van der Waals surface area contributed by atoms with Gasteiger partial charge >= 0.3 is 0 Å². The molecule has 2 amide bonds. The second-order valence-electron chi connectivity index (χ2n) is 5.40. The van der Waals surface area contributed by atoms with Crippen molar-refractivity contribution in [2.45, 2.75) is 33.2 Å². The predicted octanol–water partition coefficient (Wildman–Crippen LogP) is 1.96. The number of nitrogens with two attached hydrogens (primary N) is 1. The van der Waals surface area contributed by atoms with Gasteiger partial charge in [-0.3, -0.25) is 9.59 Å². The van der Waals surface area contributed by atoms with E-state index in [0.29, 0.717) is 11.4 Å². The molecule has 1 aromatic carbocycles. The van der Waals surface area contributed by atoms with Crippen molar-refractivity contribution in [3.05, 3.63) is 24.3 Å². The molecule has 0 radical (unpaired) electrons. The van der Waals surface area contributed by atoms with Crippen LogP contribution in [0.3, 0.4) is 0 Å². The lowest BCUT2D eigenvalue weighted by Gasteiger charge is -2.18. The average molecular weight is 263 g/mol. The summed E-state index contributed by atoms with van der Waals surface area (Å²) in [5, 5.41) is 5.48. The van der Waals surface area contributed by atoms with E-state index in [1.54, 1.807) is 38.1 Å². The lowest BCUT2D eigenvalue weighted by molar-refractivity contribution is -0.120. The highest BCUT2D eigenvalue weighted by Gasteiger charge is 2.21. The van der Waals surface area contributed by atoms with Crippen LogP contribution in [0.4, 0.5) is 11.4 Å². The van der Waals surface area contributed by atoms with E-state index in [0.717, 1.165) is 0 Å². The first-order chi connectivity index (χ1) is 8.70. The van der Waals surface area contributed by atoms with Crippen molar-refractivity contribution in [2.24, 2.45) is 11.7 Å². The zero-order valence-electron chi connectivity index (χ0n) is 11.8. The largest absolute Gasteiger partial charge is 0.326 e. The maximum absolute atomic E-state index is 11.7. The van der Waals surface area contributed by atoms with Gasteiger partial charge in [-0.1, -0.05) is 13.8 Å². The fraction of sp³-hybridized carbons (Fsp3) is 0.429. The Hall–Kier alpha value is -1.88. The Kier molecular flexibility index (Phi) is 4.67. The topological polar surface area (TPSA) is 84.2 Å². The van der Waals surface area contributed by atoms with Crippen LogP contribution in [-0.4, -0.2) is 17.4 Å². The summed E-state index contributed by atoms with van der Waals surface area (Å²) in [7, 11) is 0. The monoisotopic (exact) mass is 263 g/mol. The molecule has 0 aliphatic heterocycles. The van der Waals surface area contributed by atoms with Crippen molar-refractivity contribution in [2.75, 3.05) is 10.6 Å². The molecule has 0 aliphatic carbocycles. The molecule has 0 spiro atoms. The summed E-state index contributed by atoms with van der Waals surface area (Å²) >= 11 is 0. The molecule has 104 valence electrons. The predicted molar refractivity (Wildman–Crippen MR) is 76.8 cm³/mol. The fourth-order valence-electron chi connectivity index (χ4n) is 1.22. The zero-order chi connectivity index (χ0) is 14.6. The highest BCUT2D eigenvalue weighted by molar-refractivity contribution is 5.97. The minimum absolute atomic E-state index is 0.0418. The van der Waals surface area contributed by atoms with Gasteiger partial charge in [0.05, 0.1) is 5.54 Å². The van der Waals surface area contributed by atoms with E-state index < -0.39 is 5.54 Å². The number of anilines is 2. The van der Waals surface area contributed by atoms with Gasteiger partial charge in [0.25, 0.3) is 0 Å². The SMILES string of the molecule is CC(C)C(=O)Nc1ccc(NC(=O)C(C)(C)N)cc1. The standard InChI is InChI=1S/C14H21N3O2/c1-9(2)12(18)16-10-5-7-11(8-6-10)17-13(19)14(3,4)15/h5-9H,15H2,1-4H3,(H,16,18)(H,17,19). The molecular weight excluding hydrogens is 242 g/mol. The van der Waals surface area contributed by atoms with Crippen LogP contribution in [0.5, 0.6) is 0 Å². The van der Waals surface area contributed by atoms with E-state index in [1.807, 2.05) is 13.8 Å². The summed E-state index contributed by atoms with van der Waals surface area (Å²) in [6, 6.07) is 6.91. The Bertz CT molecular complexity index is 459. The van der Waals surface area contributed by atoms with Crippen LogP contribution in [0, 0.1) is 5.92 Å². The molecule has 0 heterocycles. The van der Waals surface area contributed by atoms with Crippen molar-refractivity contribution >= 4 is 23.2 Å².